The standard InChI is InChI=1S/C16H24N4O/c1-9-5-10(2)19-15(13(9)14(17)21)20-8-11-6-18-7-12(11)16(20,3)4/h5,11-12,18H,6-8H2,1-4H3,(H2,17,21). The molecule has 3 rings (SSSR count). The number of amides is 1. The van der Waals surface area contributed by atoms with Crippen molar-refractivity contribution >= 4 is 11.7 Å². The van der Waals surface area contributed by atoms with E-state index < -0.39 is 0 Å². The van der Waals surface area contributed by atoms with E-state index in [-0.39, 0.29) is 11.4 Å². The number of nitrogens with two attached hydrogens (primary N) is 1. The molecule has 0 aromatic carbocycles. The zero-order valence-electron chi connectivity index (χ0n) is 13.2. The Labute approximate surface area is 125 Å². The normalized spacial score (nSPS) is 27.0. The predicted octanol–water partition coefficient (Wildman–Crippen LogP) is 1.23. The van der Waals surface area contributed by atoms with Crippen molar-refractivity contribution in [3.05, 3.63) is 22.9 Å². The maximum atomic E-state index is 11.9. The topological polar surface area (TPSA) is 71.2 Å². The lowest BCUT2D eigenvalue weighted by atomic mass is 9.84. The number of aryl methyl sites for hydroxylation is 2. The Morgan fingerprint density at radius 1 is 1.43 bits per heavy atom. The van der Waals surface area contributed by atoms with Crippen LogP contribution in [0.4, 0.5) is 5.82 Å². The van der Waals surface area contributed by atoms with E-state index in [0.29, 0.717) is 17.4 Å². The molecule has 2 aliphatic rings. The first kappa shape index (κ1) is 14.3. The van der Waals surface area contributed by atoms with E-state index in [1.807, 2.05) is 19.9 Å². The van der Waals surface area contributed by atoms with E-state index in [1.54, 1.807) is 0 Å². The third kappa shape index (κ3) is 2.11. The SMILES string of the molecule is Cc1cc(C)c(C(N)=O)c(N2CC3CNCC3C2(C)C)n1. The minimum atomic E-state index is -0.388. The van der Waals surface area contributed by atoms with Gasteiger partial charge < -0.3 is 16.0 Å². The van der Waals surface area contributed by atoms with Crippen molar-refractivity contribution in [2.24, 2.45) is 17.6 Å². The van der Waals surface area contributed by atoms with Gasteiger partial charge in [-0.3, -0.25) is 4.79 Å². The molecule has 2 aliphatic heterocycles. The third-order valence-corrected chi connectivity index (χ3v) is 5.19. The second-order valence-corrected chi connectivity index (χ2v) is 6.93. The monoisotopic (exact) mass is 288 g/mol. The van der Waals surface area contributed by atoms with Crippen molar-refractivity contribution < 1.29 is 4.79 Å². The van der Waals surface area contributed by atoms with E-state index in [4.69, 9.17) is 5.73 Å². The summed E-state index contributed by atoms with van der Waals surface area (Å²) in [5, 5.41) is 3.47. The zero-order chi connectivity index (χ0) is 15.4. The summed E-state index contributed by atoms with van der Waals surface area (Å²) >= 11 is 0. The second kappa shape index (κ2) is 4.70. The number of aromatic nitrogens is 1. The van der Waals surface area contributed by atoms with Crippen molar-refractivity contribution in [2.45, 2.75) is 33.2 Å². The van der Waals surface area contributed by atoms with Gasteiger partial charge in [0.05, 0.1) is 5.56 Å². The zero-order valence-corrected chi connectivity index (χ0v) is 13.2. The molecule has 3 heterocycles. The number of carbonyl (C=O) groups excluding carboxylic acids is 1. The first-order valence-corrected chi connectivity index (χ1v) is 7.58. The summed E-state index contributed by atoms with van der Waals surface area (Å²) in [7, 11) is 0. The van der Waals surface area contributed by atoms with Gasteiger partial charge in [-0.15, -0.1) is 0 Å². The molecule has 5 nitrogen and oxygen atoms in total. The van der Waals surface area contributed by atoms with Gasteiger partial charge in [0.25, 0.3) is 5.91 Å². The quantitative estimate of drug-likeness (QED) is 0.858. The summed E-state index contributed by atoms with van der Waals surface area (Å²) in [5.41, 5.74) is 8.01. The molecular weight excluding hydrogens is 264 g/mol. The molecule has 0 bridgehead atoms. The minimum Gasteiger partial charge on any atom is -0.365 e. The van der Waals surface area contributed by atoms with Crippen LogP contribution in [0.1, 0.15) is 35.5 Å². The number of primary amides is 1. The van der Waals surface area contributed by atoms with Gasteiger partial charge in [-0.1, -0.05) is 0 Å². The van der Waals surface area contributed by atoms with Crippen LogP contribution in [0.15, 0.2) is 6.07 Å². The predicted molar refractivity (Wildman–Crippen MR) is 83.5 cm³/mol. The van der Waals surface area contributed by atoms with Gasteiger partial charge in [0, 0.05) is 30.9 Å². The number of hydrogen-bond acceptors (Lipinski definition) is 4. The van der Waals surface area contributed by atoms with Crippen LogP contribution < -0.4 is 16.0 Å². The lowest BCUT2D eigenvalue weighted by molar-refractivity contribution is 0.0999. The molecule has 114 valence electrons. The van der Waals surface area contributed by atoms with Gasteiger partial charge in [-0.25, -0.2) is 4.98 Å². The van der Waals surface area contributed by atoms with Crippen molar-refractivity contribution in [1.82, 2.24) is 10.3 Å². The van der Waals surface area contributed by atoms with Crippen molar-refractivity contribution in [3.63, 3.8) is 0 Å². The van der Waals surface area contributed by atoms with E-state index in [0.717, 1.165) is 36.7 Å². The van der Waals surface area contributed by atoms with Crippen LogP contribution in [-0.4, -0.2) is 36.1 Å². The molecule has 0 saturated carbocycles. The average molecular weight is 288 g/mol. The fraction of sp³-hybridized carbons (Fsp3) is 0.625. The van der Waals surface area contributed by atoms with Gasteiger partial charge in [0.15, 0.2) is 0 Å². The van der Waals surface area contributed by atoms with Crippen molar-refractivity contribution in [1.29, 1.82) is 0 Å². The fourth-order valence-corrected chi connectivity index (χ4v) is 4.10. The Morgan fingerprint density at radius 3 is 2.76 bits per heavy atom. The van der Waals surface area contributed by atoms with Crippen LogP contribution in [0.25, 0.3) is 0 Å². The number of rotatable bonds is 2. The molecule has 5 heteroatoms. The summed E-state index contributed by atoms with van der Waals surface area (Å²) < 4.78 is 0. The number of fused-ring (bicyclic) bond motifs is 1. The number of nitrogens with zero attached hydrogens (tertiary/aromatic N) is 2. The third-order valence-electron chi connectivity index (χ3n) is 5.19. The molecule has 1 aromatic heterocycles. The Balaban J connectivity index is 2.11. The highest BCUT2D eigenvalue weighted by molar-refractivity contribution is 5.99. The molecule has 21 heavy (non-hydrogen) atoms. The van der Waals surface area contributed by atoms with E-state index in [2.05, 4.69) is 29.0 Å². The molecule has 2 saturated heterocycles. The summed E-state index contributed by atoms with van der Waals surface area (Å²) in [6.07, 6.45) is 0. The van der Waals surface area contributed by atoms with E-state index in [9.17, 15) is 4.79 Å². The molecule has 1 aromatic rings. The highest BCUT2D eigenvalue weighted by Crippen LogP contribution is 2.43. The lowest BCUT2D eigenvalue weighted by Crippen LogP contribution is -2.46. The number of carbonyl (C=O) groups is 1. The fourth-order valence-electron chi connectivity index (χ4n) is 4.10. The van der Waals surface area contributed by atoms with Gasteiger partial charge >= 0.3 is 0 Å². The molecule has 0 spiro atoms. The van der Waals surface area contributed by atoms with Gasteiger partial charge in [0.2, 0.25) is 0 Å². The van der Waals surface area contributed by atoms with Gasteiger partial charge in [0.1, 0.15) is 5.82 Å². The maximum absolute atomic E-state index is 11.9. The van der Waals surface area contributed by atoms with Crippen molar-refractivity contribution in [2.75, 3.05) is 24.5 Å². The molecule has 0 aliphatic carbocycles. The van der Waals surface area contributed by atoms with Gasteiger partial charge in [-0.05, 0) is 51.2 Å². The molecule has 3 N–H and O–H groups in total. The molecular formula is C16H24N4O. The van der Waals surface area contributed by atoms with E-state index in [1.165, 1.54) is 0 Å². The van der Waals surface area contributed by atoms with Crippen LogP contribution in [0.3, 0.4) is 0 Å². The largest absolute Gasteiger partial charge is 0.365 e. The van der Waals surface area contributed by atoms with Crippen LogP contribution in [0, 0.1) is 25.7 Å². The van der Waals surface area contributed by atoms with Crippen LogP contribution in [0.5, 0.6) is 0 Å². The van der Waals surface area contributed by atoms with Crippen LogP contribution >= 0.6 is 0 Å². The lowest BCUT2D eigenvalue weighted by Gasteiger charge is -2.37. The molecule has 1 amide bonds. The Hall–Kier alpha value is -1.62. The number of pyridine rings is 1. The number of nitrogens with one attached hydrogen (secondary N) is 1. The first-order chi connectivity index (χ1) is 9.82. The summed E-state index contributed by atoms with van der Waals surface area (Å²) in [4.78, 5) is 18.9. The number of anilines is 1. The minimum absolute atomic E-state index is 0.0222. The average Bonchev–Trinajstić information content (AvgIpc) is 2.90. The van der Waals surface area contributed by atoms with Gasteiger partial charge in [-0.2, -0.15) is 0 Å². The highest BCUT2D eigenvalue weighted by atomic mass is 16.1. The second-order valence-electron chi connectivity index (χ2n) is 6.93. The Morgan fingerprint density at radius 2 is 2.14 bits per heavy atom. The Bertz CT molecular complexity index is 596. The summed E-state index contributed by atoms with van der Waals surface area (Å²) in [6.45, 7) is 11.4. The smallest absolute Gasteiger partial charge is 0.252 e. The van der Waals surface area contributed by atoms with Crippen LogP contribution in [0.2, 0.25) is 0 Å². The summed E-state index contributed by atoms with van der Waals surface area (Å²) in [6, 6.07) is 1.93. The summed E-state index contributed by atoms with van der Waals surface area (Å²) in [5.74, 6) is 1.57. The first-order valence-electron chi connectivity index (χ1n) is 7.58. The molecule has 0 radical (unpaired) electrons. The number of hydrogen-bond donors (Lipinski definition) is 2. The Kier molecular flexibility index (Phi) is 3.20. The molecule has 2 fully saturated rings. The molecule has 2 unspecified atom stereocenters. The van der Waals surface area contributed by atoms with Crippen LogP contribution in [-0.2, 0) is 0 Å². The molecule has 2 atom stereocenters. The maximum Gasteiger partial charge on any atom is 0.252 e. The van der Waals surface area contributed by atoms with Crippen molar-refractivity contribution in [3.8, 4) is 0 Å². The van der Waals surface area contributed by atoms with E-state index >= 15 is 0 Å². The highest BCUT2D eigenvalue weighted by Gasteiger charge is 2.50.